The Morgan fingerprint density at radius 3 is 2.24 bits per heavy atom. The van der Waals surface area contributed by atoms with Gasteiger partial charge in [0.05, 0.1) is 10.5 Å². The fraction of sp³-hybridized carbons (Fsp3) is 0.0400. The molecular weight excluding hydrogens is 438 g/mol. The van der Waals surface area contributed by atoms with E-state index in [1.165, 1.54) is 30.5 Å². The van der Waals surface area contributed by atoms with E-state index in [0.29, 0.717) is 23.6 Å². The van der Waals surface area contributed by atoms with E-state index in [0.717, 1.165) is 5.56 Å². The number of nitrogens with one attached hydrogen (secondary N) is 2. The standard InChI is InChI=1S/C25H21N3O4S/c29-25(22-10-4-5-11-23(22)32-18-19-8-2-1-3-9-19)27-20-13-15-21(16-14-20)33(30,31)28-24-12-6-7-17-26-24/h1-17H,18H2,(H,26,28)(H,27,29). The molecule has 0 saturated heterocycles. The molecule has 33 heavy (non-hydrogen) atoms. The van der Waals surface area contributed by atoms with Gasteiger partial charge in [-0.15, -0.1) is 0 Å². The van der Waals surface area contributed by atoms with Gasteiger partial charge in [0.1, 0.15) is 18.2 Å². The molecule has 1 amide bonds. The number of nitrogens with zero attached hydrogens (tertiary/aromatic N) is 1. The number of pyridine rings is 1. The number of aromatic nitrogens is 1. The number of rotatable bonds is 8. The van der Waals surface area contributed by atoms with Crippen molar-refractivity contribution in [2.45, 2.75) is 11.5 Å². The molecule has 1 heterocycles. The zero-order valence-electron chi connectivity index (χ0n) is 17.5. The fourth-order valence-electron chi connectivity index (χ4n) is 3.05. The molecule has 0 aliphatic carbocycles. The average molecular weight is 460 g/mol. The molecule has 1 aromatic heterocycles. The van der Waals surface area contributed by atoms with E-state index in [2.05, 4.69) is 15.0 Å². The second-order valence-corrected chi connectivity index (χ2v) is 8.75. The van der Waals surface area contributed by atoms with Gasteiger partial charge in [0.2, 0.25) is 0 Å². The maximum atomic E-state index is 12.8. The van der Waals surface area contributed by atoms with Crippen LogP contribution in [0, 0.1) is 0 Å². The highest BCUT2D eigenvalue weighted by atomic mass is 32.2. The molecule has 4 aromatic rings. The number of hydrogen-bond donors (Lipinski definition) is 2. The zero-order chi connectivity index (χ0) is 23.1. The highest BCUT2D eigenvalue weighted by Gasteiger charge is 2.16. The highest BCUT2D eigenvalue weighted by Crippen LogP contribution is 2.22. The molecule has 0 saturated carbocycles. The van der Waals surface area contributed by atoms with Gasteiger partial charge in [0, 0.05) is 11.9 Å². The van der Waals surface area contributed by atoms with Crippen LogP contribution in [0.3, 0.4) is 0 Å². The third-order valence-corrected chi connectivity index (χ3v) is 6.07. The number of carbonyl (C=O) groups excluding carboxylic acids is 1. The Bertz CT molecular complexity index is 1330. The van der Waals surface area contributed by atoms with Crippen molar-refractivity contribution in [3.63, 3.8) is 0 Å². The Hall–Kier alpha value is -4.17. The van der Waals surface area contributed by atoms with Crippen molar-refractivity contribution in [2.75, 3.05) is 10.0 Å². The van der Waals surface area contributed by atoms with E-state index in [4.69, 9.17) is 4.74 Å². The molecule has 2 N–H and O–H groups in total. The van der Waals surface area contributed by atoms with Crippen LogP contribution in [-0.4, -0.2) is 19.3 Å². The van der Waals surface area contributed by atoms with Gasteiger partial charge in [-0.05, 0) is 54.1 Å². The largest absolute Gasteiger partial charge is 0.488 e. The van der Waals surface area contributed by atoms with E-state index in [1.807, 2.05) is 30.3 Å². The molecule has 3 aromatic carbocycles. The molecule has 0 aliphatic rings. The van der Waals surface area contributed by atoms with E-state index in [9.17, 15) is 13.2 Å². The Morgan fingerprint density at radius 1 is 0.818 bits per heavy atom. The van der Waals surface area contributed by atoms with Gasteiger partial charge in [-0.2, -0.15) is 0 Å². The van der Waals surface area contributed by atoms with Crippen LogP contribution in [0.15, 0.2) is 108 Å². The first kappa shape index (κ1) is 22.0. The summed E-state index contributed by atoms with van der Waals surface area (Å²) in [6.45, 7) is 0.334. The Kier molecular flexibility index (Phi) is 6.66. The summed E-state index contributed by atoms with van der Waals surface area (Å²) in [7, 11) is -3.80. The van der Waals surface area contributed by atoms with Gasteiger partial charge in [-0.25, -0.2) is 13.4 Å². The smallest absolute Gasteiger partial charge is 0.263 e. The van der Waals surface area contributed by atoms with Crippen LogP contribution < -0.4 is 14.8 Å². The van der Waals surface area contributed by atoms with E-state index in [-0.39, 0.29) is 16.6 Å². The second-order valence-electron chi connectivity index (χ2n) is 7.07. The van der Waals surface area contributed by atoms with Crippen LogP contribution >= 0.6 is 0 Å². The lowest BCUT2D eigenvalue weighted by molar-refractivity contribution is 0.102. The van der Waals surface area contributed by atoms with Crippen molar-refractivity contribution in [3.05, 3.63) is 114 Å². The predicted octanol–water partition coefficient (Wildman–Crippen LogP) is 4.71. The van der Waals surface area contributed by atoms with Crippen molar-refractivity contribution in [1.82, 2.24) is 4.98 Å². The van der Waals surface area contributed by atoms with Crippen molar-refractivity contribution >= 4 is 27.4 Å². The summed E-state index contributed by atoms with van der Waals surface area (Å²) < 4.78 is 33.3. The fourth-order valence-corrected chi connectivity index (χ4v) is 4.06. The molecule has 0 radical (unpaired) electrons. The number of benzene rings is 3. The third-order valence-electron chi connectivity index (χ3n) is 4.70. The van der Waals surface area contributed by atoms with E-state index in [1.54, 1.807) is 42.5 Å². The van der Waals surface area contributed by atoms with Gasteiger partial charge in [0.15, 0.2) is 0 Å². The lowest BCUT2D eigenvalue weighted by atomic mass is 10.1. The lowest BCUT2D eigenvalue weighted by Gasteiger charge is -2.12. The van der Waals surface area contributed by atoms with Crippen LogP contribution in [-0.2, 0) is 16.6 Å². The quantitative estimate of drug-likeness (QED) is 0.398. The summed E-state index contributed by atoms with van der Waals surface area (Å²) >= 11 is 0. The first-order valence-electron chi connectivity index (χ1n) is 10.1. The summed E-state index contributed by atoms with van der Waals surface area (Å²) in [6, 6.07) is 27.4. The molecule has 4 rings (SSSR count). The molecule has 7 nitrogen and oxygen atoms in total. The SMILES string of the molecule is O=C(Nc1ccc(S(=O)(=O)Nc2ccccn2)cc1)c1ccccc1OCc1ccccc1. The van der Waals surface area contributed by atoms with Crippen molar-refractivity contribution in [3.8, 4) is 5.75 Å². The second kappa shape index (κ2) is 9.97. The number of para-hydroxylation sites is 1. The number of sulfonamides is 1. The van der Waals surface area contributed by atoms with Gasteiger partial charge >= 0.3 is 0 Å². The van der Waals surface area contributed by atoms with Crippen LogP contribution in [0.5, 0.6) is 5.75 Å². The molecule has 0 fully saturated rings. The maximum Gasteiger partial charge on any atom is 0.263 e. The summed E-state index contributed by atoms with van der Waals surface area (Å²) in [5.41, 5.74) is 1.82. The van der Waals surface area contributed by atoms with Gasteiger partial charge < -0.3 is 10.1 Å². The minimum absolute atomic E-state index is 0.0535. The van der Waals surface area contributed by atoms with Crippen molar-refractivity contribution in [1.29, 1.82) is 0 Å². The maximum absolute atomic E-state index is 12.8. The highest BCUT2D eigenvalue weighted by molar-refractivity contribution is 7.92. The predicted molar refractivity (Wildman–Crippen MR) is 127 cm³/mol. The van der Waals surface area contributed by atoms with Crippen LogP contribution in [0.2, 0.25) is 0 Å². The topological polar surface area (TPSA) is 97.4 Å². The Morgan fingerprint density at radius 2 is 1.52 bits per heavy atom. The summed E-state index contributed by atoms with van der Waals surface area (Å²) in [6.07, 6.45) is 1.50. The molecule has 8 heteroatoms. The number of ether oxygens (including phenoxy) is 1. The van der Waals surface area contributed by atoms with E-state index < -0.39 is 10.0 Å². The normalized spacial score (nSPS) is 10.9. The third kappa shape index (κ3) is 5.75. The Balaban J connectivity index is 1.44. The van der Waals surface area contributed by atoms with Gasteiger partial charge in [-0.3, -0.25) is 9.52 Å². The average Bonchev–Trinajstić information content (AvgIpc) is 2.84. The summed E-state index contributed by atoms with van der Waals surface area (Å²) in [5.74, 6) is 0.320. The first-order chi connectivity index (χ1) is 16.0. The van der Waals surface area contributed by atoms with Crippen LogP contribution in [0.25, 0.3) is 0 Å². The van der Waals surface area contributed by atoms with Crippen molar-refractivity contribution in [2.24, 2.45) is 0 Å². The number of amides is 1. The van der Waals surface area contributed by atoms with Crippen molar-refractivity contribution < 1.29 is 17.9 Å². The number of carbonyl (C=O) groups is 1. The molecular formula is C25H21N3O4S. The molecule has 0 unspecified atom stereocenters. The molecule has 0 bridgehead atoms. The van der Waals surface area contributed by atoms with E-state index >= 15 is 0 Å². The summed E-state index contributed by atoms with van der Waals surface area (Å²) in [4.78, 5) is 16.9. The minimum Gasteiger partial charge on any atom is -0.488 e. The van der Waals surface area contributed by atoms with Crippen LogP contribution in [0.1, 0.15) is 15.9 Å². The Labute approximate surface area is 192 Å². The number of hydrogen-bond acceptors (Lipinski definition) is 5. The minimum atomic E-state index is -3.80. The molecule has 166 valence electrons. The number of anilines is 2. The summed E-state index contributed by atoms with van der Waals surface area (Å²) in [5, 5.41) is 2.78. The molecule has 0 aliphatic heterocycles. The lowest BCUT2D eigenvalue weighted by Crippen LogP contribution is -2.15. The van der Waals surface area contributed by atoms with Crippen LogP contribution in [0.4, 0.5) is 11.5 Å². The molecule has 0 atom stereocenters. The van der Waals surface area contributed by atoms with Gasteiger partial charge in [-0.1, -0.05) is 48.5 Å². The monoisotopic (exact) mass is 459 g/mol. The molecule has 0 spiro atoms. The zero-order valence-corrected chi connectivity index (χ0v) is 18.3. The first-order valence-corrected chi connectivity index (χ1v) is 11.6. The van der Waals surface area contributed by atoms with Gasteiger partial charge in [0.25, 0.3) is 15.9 Å².